The summed E-state index contributed by atoms with van der Waals surface area (Å²) in [5.74, 6) is -2.56. The number of nitrogens with zero attached hydrogens (tertiary/aromatic N) is 1. The highest BCUT2D eigenvalue weighted by Gasteiger charge is 2.35. The van der Waals surface area contributed by atoms with Gasteiger partial charge in [-0.05, 0) is 36.8 Å². The van der Waals surface area contributed by atoms with Crippen LogP contribution in [0, 0.1) is 24.5 Å². The Hall–Kier alpha value is -2.47. The van der Waals surface area contributed by atoms with Crippen molar-refractivity contribution in [2.24, 2.45) is 5.92 Å². The molecule has 4 nitrogen and oxygen atoms in total. The zero-order valence-electron chi connectivity index (χ0n) is 13.4. The molecule has 1 saturated heterocycles. The number of nitrogens with one attached hydrogen (secondary N) is 1. The fourth-order valence-electron chi connectivity index (χ4n) is 2.72. The van der Waals surface area contributed by atoms with Crippen LogP contribution < -0.4 is 10.2 Å². The number of aryl methyl sites for hydroxylation is 1. The molecule has 0 radical (unpaired) electrons. The molecule has 2 aromatic rings. The summed E-state index contributed by atoms with van der Waals surface area (Å²) in [4.78, 5) is 25.9. The second kappa shape index (κ2) is 6.80. The average molecular weight is 365 g/mol. The van der Waals surface area contributed by atoms with Crippen LogP contribution in [0.3, 0.4) is 0 Å². The van der Waals surface area contributed by atoms with E-state index in [-0.39, 0.29) is 29.6 Å². The predicted molar refractivity (Wildman–Crippen MR) is 91.6 cm³/mol. The summed E-state index contributed by atoms with van der Waals surface area (Å²) in [5, 5.41) is 2.35. The monoisotopic (exact) mass is 364 g/mol. The van der Waals surface area contributed by atoms with Crippen LogP contribution in [0.5, 0.6) is 0 Å². The average Bonchev–Trinajstić information content (AvgIpc) is 2.96. The minimum Gasteiger partial charge on any atom is -0.323 e. The summed E-state index contributed by atoms with van der Waals surface area (Å²) >= 11 is 5.69. The van der Waals surface area contributed by atoms with E-state index in [0.717, 1.165) is 0 Å². The van der Waals surface area contributed by atoms with Gasteiger partial charge in [0.05, 0.1) is 16.6 Å². The summed E-state index contributed by atoms with van der Waals surface area (Å²) in [6, 6.07) is 8.76. The van der Waals surface area contributed by atoms with E-state index < -0.39 is 23.5 Å². The van der Waals surface area contributed by atoms with Crippen LogP contribution in [-0.4, -0.2) is 18.4 Å². The van der Waals surface area contributed by atoms with E-state index in [2.05, 4.69) is 5.32 Å². The number of anilines is 2. The van der Waals surface area contributed by atoms with Crippen LogP contribution in [0.2, 0.25) is 5.02 Å². The van der Waals surface area contributed by atoms with Crippen LogP contribution in [0.1, 0.15) is 12.0 Å². The summed E-state index contributed by atoms with van der Waals surface area (Å²) in [5.41, 5.74) is 0.836. The van der Waals surface area contributed by atoms with Crippen molar-refractivity contribution in [3.63, 3.8) is 0 Å². The van der Waals surface area contributed by atoms with E-state index >= 15 is 0 Å². The van der Waals surface area contributed by atoms with Crippen molar-refractivity contribution in [2.75, 3.05) is 16.8 Å². The van der Waals surface area contributed by atoms with E-state index in [1.54, 1.807) is 19.1 Å². The highest BCUT2D eigenvalue weighted by molar-refractivity contribution is 6.31. The quantitative estimate of drug-likeness (QED) is 0.897. The van der Waals surface area contributed by atoms with Crippen molar-refractivity contribution >= 4 is 34.8 Å². The zero-order chi connectivity index (χ0) is 18.1. The van der Waals surface area contributed by atoms with Crippen LogP contribution in [0.15, 0.2) is 36.4 Å². The Bertz CT molecular complexity index is 857. The van der Waals surface area contributed by atoms with Gasteiger partial charge < -0.3 is 10.2 Å². The van der Waals surface area contributed by atoms with Crippen molar-refractivity contribution in [3.8, 4) is 0 Å². The number of benzene rings is 2. The number of hydrogen-bond donors (Lipinski definition) is 1. The Kier molecular flexibility index (Phi) is 4.72. The van der Waals surface area contributed by atoms with Gasteiger partial charge >= 0.3 is 0 Å². The van der Waals surface area contributed by atoms with E-state index in [9.17, 15) is 18.4 Å². The normalized spacial score (nSPS) is 17.0. The molecule has 1 aliphatic rings. The second-order valence-corrected chi connectivity index (χ2v) is 6.34. The maximum absolute atomic E-state index is 13.9. The van der Waals surface area contributed by atoms with Gasteiger partial charge in [-0.25, -0.2) is 8.78 Å². The molecule has 7 heteroatoms. The number of amides is 2. The number of hydrogen-bond acceptors (Lipinski definition) is 2. The molecule has 25 heavy (non-hydrogen) atoms. The van der Waals surface area contributed by atoms with Gasteiger partial charge in [0.15, 0.2) is 5.82 Å². The third-order valence-corrected chi connectivity index (χ3v) is 4.46. The highest BCUT2D eigenvalue weighted by Crippen LogP contribution is 2.28. The molecule has 1 fully saturated rings. The molecule has 0 saturated carbocycles. The Morgan fingerprint density at radius 2 is 2.04 bits per heavy atom. The molecule has 0 aromatic heterocycles. The van der Waals surface area contributed by atoms with E-state index in [1.165, 1.54) is 29.2 Å². The van der Waals surface area contributed by atoms with E-state index in [4.69, 9.17) is 11.6 Å². The first kappa shape index (κ1) is 17.4. The second-order valence-electron chi connectivity index (χ2n) is 5.93. The van der Waals surface area contributed by atoms with E-state index in [0.29, 0.717) is 11.3 Å². The molecule has 3 rings (SSSR count). The predicted octanol–water partition coefficient (Wildman–Crippen LogP) is 3.92. The van der Waals surface area contributed by atoms with Gasteiger partial charge in [-0.2, -0.15) is 0 Å². The van der Waals surface area contributed by atoms with Crippen molar-refractivity contribution < 1.29 is 18.4 Å². The lowest BCUT2D eigenvalue weighted by Crippen LogP contribution is -2.28. The highest BCUT2D eigenvalue weighted by atomic mass is 35.5. The molecule has 2 aromatic carbocycles. The lowest BCUT2D eigenvalue weighted by atomic mass is 10.1. The topological polar surface area (TPSA) is 49.4 Å². The smallest absolute Gasteiger partial charge is 0.229 e. The molecular formula is C18H15ClF2N2O2. The third kappa shape index (κ3) is 3.49. The van der Waals surface area contributed by atoms with Crippen LogP contribution >= 0.6 is 11.6 Å². The van der Waals surface area contributed by atoms with Gasteiger partial charge in [0, 0.05) is 18.7 Å². The van der Waals surface area contributed by atoms with Crippen LogP contribution in [-0.2, 0) is 9.59 Å². The molecule has 0 aliphatic carbocycles. The van der Waals surface area contributed by atoms with Crippen molar-refractivity contribution in [3.05, 3.63) is 58.6 Å². The molecule has 0 spiro atoms. The lowest BCUT2D eigenvalue weighted by Gasteiger charge is -2.17. The molecule has 1 N–H and O–H groups in total. The fraction of sp³-hybridized carbons (Fsp3) is 0.222. The molecule has 1 heterocycles. The van der Waals surface area contributed by atoms with Gasteiger partial charge in [-0.3, -0.25) is 9.59 Å². The lowest BCUT2D eigenvalue weighted by molar-refractivity contribution is -0.122. The van der Waals surface area contributed by atoms with Crippen LogP contribution in [0.4, 0.5) is 20.2 Å². The summed E-state index contributed by atoms with van der Waals surface area (Å²) in [6.45, 7) is 1.73. The molecule has 1 aliphatic heterocycles. The largest absolute Gasteiger partial charge is 0.323 e. The minimum absolute atomic E-state index is 0.0243. The van der Waals surface area contributed by atoms with E-state index in [1.807, 2.05) is 0 Å². The Balaban J connectivity index is 1.74. The summed E-state index contributed by atoms with van der Waals surface area (Å²) in [7, 11) is 0. The molecule has 1 unspecified atom stereocenters. The molecular weight excluding hydrogens is 350 g/mol. The van der Waals surface area contributed by atoms with Gasteiger partial charge in [0.1, 0.15) is 5.82 Å². The Morgan fingerprint density at radius 3 is 2.76 bits per heavy atom. The first-order chi connectivity index (χ1) is 11.9. The maximum atomic E-state index is 13.9. The first-order valence-corrected chi connectivity index (χ1v) is 8.06. The zero-order valence-corrected chi connectivity index (χ0v) is 14.1. The molecule has 0 bridgehead atoms. The van der Waals surface area contributed by atoms with Gasteiger partial charge in [-0.15, -0.1) is 0 Å². The number of carbonyl (C=O) groups is 2. The first-order valence-electron chi connectivity index (χ1n) is 7.68. The fourth-order valence-corrected chi connectivity index (χ4v) is 2.89. The Labute approximate surface area is 148 Å². The summed E-state index contributed by atoms with van der Waals surface area (Å²) in [6.07, 6.45) is -0.0243. The van der Waals surface area contributed by atoms with Gasteiger partial charge in [0.25, 0.3) is 0 Å². The van der Waals surface area contributed by atoms with Crippen molar-refractivity contribution in [1.82, 2.24) is 0 Å². The van der Waals surface area contributed by atoms with Crippen molar-refractivity contribution in [2.45, 2.75) is 13.3 Å². The Morgan fingerprint density at radius 1 is 1.28 bits per heavy atom. The molecule has 2 amide bonds. The van der Waals surface area contributed by atoms with Gasteiger partial charge in [-0.1, -0.05) is 23.7 Å². The van der Waals surface area contributed by atoms with Crippen molar-refractivity contribution in [1.29, 1.82) is 0 Å². The molecule has 130 valence electrons. The number of carbonyl (C=O) groups excluding carboxylic acids is 2. The number of halogens is 3. The maximum Gasteiger partial charge on any atom is 0.229 e. The van der Waals surface area contributed by atoms with Crippen LogP contribution in [0.25, 0.3) is 0 Å². The standard InChI is InChI=1S/C18H15ClF2N2O2/c1-10-5-6-12(8-14(10)20)23-9-11(7-16(23)24)18(25)22-15-4-2-3-13(19)17(15)21/h2-6,8,11H,7,9H2,1H3,(H,22,25). The SMILES string of the molecule is Cc1ccc(N2CC(C(=O)Nc3cccc(Cl)c3F)CC2=O)cc1F. The number of rotatable bonds is 3. The third-order valence-electron chi connectivity index (χ3n) is 4.17. The minimum atomic E-state index is -0.723. The summed E-state index contributed by atoms with van der Waals surface area (Å²) < 4.78 is 27.6. The van der Waals surface area contributed by atoms with Gasteiger partial charge in [0.2, 0.25) is 11.8 Å². The molecule has 1 atom stereocenters.